The first-order valence-corrected chi connectivity index (χ1v) is 8.52. The van der Waals surface area contributed by atoms with Gasteiger partial charge in [0.05, 0.1) is 6.61 Å². The highest BCUT2D eigenvalue weighted by molar-refractivity contribution is 6.07. The van der Waals surface area contributed by atoms with Gasteiger partial charge in [-0.25, -0.2) is 8.78 Å². The lowest BCUT2D eigenvalue weighted by Gasteiger charge is -2.07. The number of nitrogens with one attached hydrogen (secondary N) is 2. The van der Waals surface area contributed by atoms with E-state index in [2.05, 4.69) is 15.7 Å². The van der Waals surface area contributed by atoms with Gasteiger partial charge in [0.2, 0.25) is 5.91 Å². The minimum absolute atomic E-state index is 0.0424. The van der Waals surface area contributed by atoms with Crippen molar-refractivity contribution in [1.29, 1.82) is 0 Å². The maximum absolute atomic E-state index is 13.6. The first-order valence-electron chi connectivity index (χ1n) is 8.52. The quantitative estimate of drug-likeness (QED) is 0.659. The average molecular weight is 394 g/mol. The highest BCUT2D eigenvalue weighted by Gasteiger charge is 2.19. The van der Waals surface area contributed by atoms with Crippen molar-refractivity contribution in [3.63, 3.8) is 0 Å². The van der Waals surface area contributed by atoms with Gasteiger partial charge in [0.1, 0.15) is 12.1 Å². The van der Waals surface area contributed by atoms with Crippen LogP contribution in [0.4, 0.5) is 14.6 Å². The summed E-state index contributed by atoms with van der Waals surface area (Å²) < 4.78 is 32.9. The van der Waals surface area contributed by atoms with Gasteiger partial charge in [-0.05, 0) is 25.0 Å². The molecule has 0 aliphatic carbocycles. The fourth-order valence-corrected chi connectivity index (χ4v) is 2.40. The Morgan fingerprint density at radius 2 is 2.00 bits per heavy atom. The summed E-state index contributed by atoms with van der Waals surface area (Å²) >= 11 is 0. The number of aryl methyl sites for hydroxylation is 2. The minimum Gasteiger partial charge on any atom is -0.465 e. The summed E-state index contributed by atoms with van der Waals surface area (Å²) in [5, 5.41) is 8.86. The Balaban J connectivity index is 1.95. The maximum atomic E-state index is 13.6. The zero-order chi connectivity index (χ0) is 20.7. The average Bonchev–Trinajstić information content (AvgIpc) is 3.02. The predicted molar refractivity (Wildman–Crippen MR) is 95.5 cm³/mol. The van der Waals surface area contributed by atoms with Crippen LogP contribution in [0.3, 0.4) is 0 Å². The van der Waals surface area contributed by atoms with E-state index in [-0.39, 0.29) is 42.9 Å². The monoisotopic (exact) mass is 394 g/mol. The molecule has 0 atom stereocenters. The molecular weight excluding hydrogens is 374 g/mol. The third-order valence-corrected chi connectivity index (χ3v) is 3.68. The van der Waals surface area contributed by atoms with E-state index in [0.717, 1.165) is 6.07 Å². The van der Waals surface area contributed by atoms with E-state index in [0.29, 0.717) is 0 Å². The zero-order valence-corrected chi connectivity index (χ0v) is 15.4. The van der Waals surface area contributed by atoms with Crippen molar-refractivity contribution in [2.75, 3.05) is 18.5 Å². The van der Waals surface area contributed by atoms with Gasteiger partial charge in [-0.1, -0.05) is 12.1 Å². The van der Waals surface area contributed by atoms with Crippen LogP contribution < -0.4 is 10.6 Å². The van der Waals surface area contributed by atoms with Crippen molar-refractivity contribution in [2.24, 2.45) is 7.05 Å². The normalized spacial score (nSPS) is 10.4. The van der Waals surface area contributed by atoms with Crippen LogP contribution in [-0.4, -0.2) is 40.7 Å². The maximum Gasteiger partial charge on any atom is 0.325 e. The van der Waals surface area contributed by atoms with Gasteiger partial charge in [0.15, 0.2) is 17.5 Å². The second-order valence-corrected chi connectivity index (χ2v) is 5.81. The molecule has 0 saturated heterocycles. The number of nitrogens with zero attached hydrogens (tertiary/aromatic N) is 2. The number of ether oxygens (including phenoxy) is 1. The van der Waals surface area contributed by atoms with Gasteiger partial charge in [-0.15, -0.1) is 0 Å². The van der Waals surface area contributed by atoms with Gasteiger partial charge >= 0.3 is 5.97 Å². The Labute approximate surface area is 159 Å². The number of aromatic nitrogens is 2. The summed E-state index contributed by atoms with van der Waals surface area (Å²) in [7, 11) is 1.57. The molecule has 8 nitrogen and oxygen atoms in total. The molecule has 2 rings (SSSR count). The number of imide groups is 1. The number of benzene rings is 1. The van der Waals surface area contributed by atoms with Crippen LogP contribution in [-0.2, 0) is 27.8 Å². The van der Waals surface area contributed by atoms with Crippen LogP contribution >= 0.6 is 0 Å². The number of amides is 2. The van der Waals surface area contributed by atoms with Crippen molar-refractivity contribution in [3.8, 4) is 0 Å². The molecule has 0 aliphatic rings. The lowest BCUT2D eigenvalue weighted by molar-refractivity contribution is -0.140. The molecule has 1 aromatic heterocycles. The number of rotatable bonds is 8. The number of anilines is 1. The van der Waals surface area contributed by atoms with Gasteiger partial charge < -0.3 is 10.1 Å². The first-order chi connectivity index (χ1) is 13.3. The summed E-state index contributed by atoms with van der Waals surface area (Å²) in [5.41, 5.74) is 0.0952. The highest BCUT2D eigenvalue weighted by Crippen LogP contribution is 2.14. The Bertz CT molecular complexity index is 882. The Morgan fingerprint density at radius 3 is 2.71 bits per heavy atom. The van der Waals surface area contributed by atoms with Crippen molar-refractivity contribution in [2.45, 2.75) is 19.8 Å². The molecule has 0 unspecified atom stereocenters. The van der Waals surface area contributed by atoms with E-state index in [1.807, 2.05) is 0 Å². The predicted octanol–water partition coefficient (Wildman–Crippen LogP) is 1.56. The number of hydrogen-bond donors (Lipinski definition) is 2. The molecule has 0 bridgehead atoms. The molecule has 0 aliphatic heterocycles. The summed E-state index contributed by atoms with van der Waals surface area (Å²) in [5.74, 6) is -3.82. The van der Waals surface area contributed by atoms with Crippen LogP contribution in [0.15, 0.2) is 24.4 Å². The lowest BCUT2D eigenvalue weighted by Crippen LogP contribution is -2.31. The van der Waals surface area contributed by atoms with Crippen LogP contribution in [0.1, 0.15) is 29.3 Å². The van der Waals surface area contributed by atoms with E-state index in [9.17, 15) is 23.2 Å². The van der Waals surface area contributed by atoms with Crippen LogP contribution in [0.2, 0.25) is 0 Å². The number of carbonyl (C=O) groups excluding carboxylic acids is 3. The molecule has 0 spiro atoms. The van der Waals surface area contributed by atoms with Gasteiger partial charge in [0.25, 0.3) is 5.91 Å². The molecule has 1 aromatic carbocycles. The molecule has 150 valence electrons. The molecule has 0 saturated carbocycles. The number of halogens is 2. The van der Waals surface area contributed by atoms with Gasteiger partial charge in [0, 0.05) is 19.7 Å². The van der Waals surface area contributed by atoms with E-state index in [1.54, 1.807) is 14.0 Å². The number of carbonyl (C=O) groups is 3. The molecule has 0 radical (unpaired) electrons. The van der Waals surface area contributed by atoms with E-state index in [4.69, 9.17) is 4.74 Å². The minimum atomic E-state index is -1.01. The molecule has 2 N–H and O–H groups in total. The molecule has 2 amide bonds. The highest BCUT2D eigenvalue weighted by atomic mass is 19.2. The standard InChI is InChI=1S/C18H20F2N4O4/c1-3-28-15(26)9-21-17-12(10-24(2)23-17)18(27)22-14(25)8-7-11-5-4-6-13(19)16(11)20/h4-6,10H,3,7-9H2,1-2H3,(H,21,23)(H,22,25,27). The van der Waals surface area contributed by atoms with Crippen molar-refractivity contribution < 1.29 is 27.9 Å². The molecule has 1 heterocycles. The zero-order valence-electron chi connectivity index (χ0n) is 15.4. The van der Waals surface area contributed by atoms with Crippen molar-refractivity contribution in [3.05, 3.63) is 47.2 Å². The largest absolute Gasteiger partial charge is 0.465 e. The second kappa shape index (κ2) is 9.58. The summed E-state index contributed by atoms with van der Waals surface area (Å²) in [6.07, 6.45) is 1.10. The van der Waals surface area contributed by atoms with Crippen molar-refractivity contribution in [1.82, 2.24) is 15.1 Å². The summed E-state index contributed by atoms with van der Waals surface area (Å²) in [6, 6.07) is 3.69. The summed E-state index contributed by atoms with van der Waals surface area (Å²) in [6.45, 7) is 1.69. The third-order valence-electron chi connectivity index (χ3n) is 3.68. The lowest BCUT2D eigenvalue weighted by atomic mass is 10.1. The van der Waals surface area contributed by atoms with Crippen LogP contribution in [0.5, 0.6) is 0 Å². The van der Waals surface area contributed by atoms with Crippen molar-refractivity contribution >= 4 is 23.6 Å². The topological polar surface area (TPSA) is 102 Å². The van der Waals surface area contributed by atoms with E-state index in [1.165, 1.54) is 23.0 Å². The fourth-order valence-electron chi connectivity index (χ4n) is 2.40. The molecule has 10 heteroatoms. The van der Waals surface area contributed by atoms with Crippen LogP contribution in [0.25, 0.3) is 0 Å². The van der Waals surface area contributed by atoms with Crippen LogP contribution in [0, 0.1) is 11.6 Å². The SMILES string of the molecule is CCOC(=O)CNc1nn(C)cc1C(=O)NC(=O)CCc1cccc(F)c1F. The molecule has 2 aromatic rings. The smallest absolute Gasteiger partial charge is 0.325 e. The van der Waals surface area contributed by atoms with Gasteiger partial charge in [-0.3, -0.25) is 24.4 Å². The first kappa shape index (κ1) is 21.0. The van der Waals surface area contributed by atoms with E-state index >= 15 is 0 Å². The Hall–Kier alpha value is -3.30. The molecule has 0 fully saturated rings. The Kier molecular flexibility index (Phi) is 7.19. The Morgan fingerprint density at radius 1 is 1.25 bits per heavy atom. The fraction of sp³-hybridized carbons (Fsp3) is 0.333. The number of esters is 1. The third kappa shape index (κ3) is 5.60. The number of hydrogen-bond acceptors (Lipinski definition) is 6. The van der Waals surface area contributed by atoms with Gasteiger partial charge in [-0.2, -0.15) is 5.10 Å². The molecular formula is C18H20F2N4O4. The van der Waals surface area contributed by atoms with E-state index < -0.39 is 29.4 Å². The second-order valence-electron chi connectivity index (χ2n) is 5.81. The molecule has 28 heavy (non-hydrogen) atoms. The summed E-state index contributed by atoms with van der Waals surface area (Å²) in [4.78, 5) is 35.7.